The van der Waals surface area contributed by atoms with Gasteiger partial charge in [-0.05, 0) is 37.5 Å². The predicted octanol–water partition coefficient (Wildman–Crippen LogP) is 0.576. The smallest absolute Gasteiger partial charge is 0.281 e. The molecule has 1 N–H and O–H groups in total. The Morgan fingerprint density at radius 3 is 2.56 bits per heavy atom. The summed E-state index contributed by atoms with van der Waals surface area (Å²) in [5.41, 5.74) is 1.26. The van der Waals surface area contributed by atoms with Gasteiger partial charge in [-0.1, -0.05) is 0 Å². The predicted molar refractivity (Wildman–Crippen MR) is 101 cm³/mol. The molecule has 3 heterocycles. The Hall–Kier alpha value is -2.30. The lowest BCUT2D eigenvalue weighted by atomic mass is 10.1. The van der Waals surface area contributed by atoms with Crippen molar-refractivity contribution >= 4 is 16.1 Å². The van der Waals surface area contributed by atoms with Crippen molar-refractivity contribution in [1.29, 1.82) is 0 Å². The first kappa shape index (κ1) is 19.5. The molecule has 2 aromatic heterocycles. The highest BCUT2D eigenvalue weighted by Crippen LogP contribution is 2.16. The number of rotatable bonds is 5. The van der Waals surface area contributed by atoms with Crippen molar-refractivity contribution in [3.63, 3.8) is 0 Å². The molecule has 1 aliphatic heterocycles. The van der Waals surface area contributed by atoms with Crippen molar-refractivity contribution < 1.29 is 13.2 Å². The maximum atomic E-state index is 12.6. The SMILES string of the molecule is Cc1cc(C(=O)NC2CCN(S(=O)(=O)N(C)C)CC2)nc(-n2ccnc2)c1. The second-order valence-corrected chi connectivity index (χ2v) is 8.94. The molecule has 3 rings (SSSR count). The van der Waals surface area contributed by atoms with Gasteiger partial charge in [0, 0.05) is 45.6 Å². The molecule has 0 spiro atoms. The number of carbonyl (C=O) groups excluding carboxylic acids is 1. The number of hydrogen-bond acceptors (Lipinski definition) is 5. The van der Waals surface area contributed by atoms with E-state index in [0.717, 1.165) is 5.56 Å². The summed E-state index contributed by atoms with van der Waals surface area (Å²) in [7, 11) is -0.371. The molecule has 146 valence electrons. The number of hydrogen-bond donors (Lipinski definition) is 1. The first-order chi connectivity index (χ1) is 12.8. The van der Waals surface area contributed by atoms with Crippen molar-refractivity contribution in [2.75, 3.05) is 27.2 Å². The number of aryl methyl sites for hydroxylation is 1. The van der Waals surface area contributed by atoms with Crippen LogP contribution in [0.3, 0.4) is 0 Å². The molecule has 0 aliphatic carbocycles. The van der Waals surface area contributed by atoms with E-state index in [-0.39, 0.29) is 11.9 Å². The molecule has 1 amide bonds. The average Bonchev–Trinajstić information content (AvgIpc) is 3.16. The van der Waals surface area contributed by atoms with Crippen LogP contribution < -0.4 is 5.32 Å². The van der Waals surface area contributed by atoms with E-state index in [2.05, 4.69) is 15.3 Å². The maximum Gasteiger partial charge on any atom is 0.281 e. The third kappa shape index (κ3) is 4.34. The molecule has 0 radical (unpaired) electrons. The van der Waals surface area contributed by atoms with E-state index in [4.69, 9.17) is 0 Å². The first-order valence-electron chi connectivity index (χ1n) is 8.73. The Balaban J connectivity index is 1.65. The van der Waals surface area contributed by atoms with Crippen LogP contribution >= 0.6 is 0 Å². The van der Waals surface area contributed by atoms with Gasteiger partial charge in [-0.3, -0.25) is 9.36 Å². The highest BCUT2D eigenvalue weighted by molar-refractivity contribution is 7.86. The molecule has 2 aromatic rings. The number of amides is 1. The Morgan fingerprint density at radius 1 is 1.26 bits per heavy atom. The van der Waals surface area contributed by atoms with Gasteiger partial charge in [-0.2, -0.15) is 17.0 Å². The van der Waals surface area contributed by atoms with Gasteiger partial charge in [-0.25, -0.2) is 9.97 Å². The van der Waals surface area contributed by atoms with Crippen LogP contribution in [0.5, 0.6) is 0 Å². The van der Waals surface area contributed by atoms with Crippen LogP contribution in [-0.4, -0.2) is 70.7 Å². The Labute approximate surface area is 159 Å². The molecular formula is C17H24N6O3S. The minimum Gasteiger partial charge on any atom is -0.348 e. The number of pyridine rings is 1. The Bertz CT molecular complexity index is 903. The summed E-state index contributed by atoms with van der Waals surface area (Å²) >= 11 is 0. The molecule has 1 aliphatic rings. The number of nitrogens with one attached hydrogen (secondary N) is 1. The highest BCUT2D eigenvalue weighted by Gasteiger charge is 2.30. The zero-order valence-electron chi connectivity index (χ0n) is 15.7. The van der Waals surface area contributed by atoms with Gasteiger partial charge in [-0.15, -0.1) is 0 Å². The van der Waals surface area contributed by atoms with Crippen LogP contribution in [0.15, 0.2) is 30.9 Å². The fraction of sp³-hybridized carbons (Fsp3) is 0.471. The molecule has 0 unspecified atom stereocenters. The molecule has 0 bridgehead atoms. The summed E-state index contributed by atoms with van der Waals surface area (Å²) in [5.74, 6) is 0.374. The fourth-order valence-electron chi connectivity index (χ4n) is 3.01. The minimum absolute atomic E-state index is 0.0786. The second kappa shape index (κ2) is 7.75. The van der Waals surface area contributed by atoms with Crippen LogP contribution in [0.4, 0.5) is 0 Å². The summed E-state index contributed by atoms with van der Waals surface area (Å²) in [6, 6.07) is 3.54. The molecule has 9 nitrogen and oxygen atoms in total. The third-order valence-corrected chi connectivity index (χ3v) is 6.48. The maximum absolute atomic E-state index is 12.6. The highest BCUT2D eigenvalue weighted by atomic mass is 32.2. The topological polar surface area (TPSA) is 100 Å². The molecule has 27 heavy (non-hydrogen) atoms. The molecule has 1 fully saturated rings. The van der Waals surface area contributed by atoms with Gasteiger partial charge in [0.1, 0.15) is 17.8 Å². The van der Waals surface area contributed by atoms with Crippen LogP contribution in [-0.2, 0) is 10.2 Å². The van der Waals surface area contributed by atoms with E-state index in [0.29, 0.717) is 37.4 Å². The molecule has 0 aromatic carbocycles. The molecule has 0 atom stereocenters. The summed E-state index contributed by atoms with van der Waals surface area (Å²) in [4.78, 5) is 21.1. The lowest BCUT2D eigenvalue weighted by Gasteiger charge is -2.33. The number of imidazole rings is 1. The quantitative estimate of drug-likeness (QED) is 0.802. The van der Waals surface area contributed by atoms with Gasteiger partial charge in [0.25, 0.3) is 16.1 Å². The van der Waals surface area contributed by atoms with E-state index in [9.17, 15) is 13.2 Å². The number of aromatic nitrogens is 3. The van der Waals surface area contributed by atoms with Gasteiger partial charge < -0.3 is 5.32 Å². The Kier molecular flexibility index (Phi) is 5.59. The largest absolute Gasteiger partial charge is 0.348 e. The zero-order chi connectivity index (χ0) is 19.6. The summed E-state index contributed by atoms with van der Waals surface area (Å²) in [6.45, 7) is 2.67. The fourth-order valence-corrected chi connectivity index (χ4v) is 4.15. The second-order valence-electron chi connectivity index (χ2n) is 6.79. The third-order valence-electron chi connectivity index (χ3n) is 4.53. The van der Waals surface area contributed by atoms with Gasteiger partial charge in [0.2, 0.25) is 0 Å². The van der Waals surface area contributed by atoms with E-state index in [1.807, 2.05) is 13.0 Å². The van der Waals surface area contributed by atoms with Crippen molar-refractivity contribution in [3.8, 4) is 5.82 Å². The number of nitrogens with zero attached hydrogens (tertiary/aromatic N) is 5. The molecule has 1 saturated heterocycles. The Morgan fingerprint density at radius 2 is 1.96 bits per heavy atom. The van der Waals surface area contributed by atoms with Crippen LogP contribution in [0.25, 0.3) is 5.82 Å². The first-order valence-corrected chi connectivity index (χ1v) is 10.1. The van der Waals surface area contributed by atoms with E-state index < -0.39 is 10.2 Å². The summed E-state index contributed by atoms with van der Waals surface area (Å²) in [6.07, 6.45) is 6.19. The molecule has 0 saturated carbocycles. The lowest BCUT2D eigenvalue weighted by Crippen LogP contribution is -2.49. The van der Waals surface area contributed by atoms with Gasteiger partial charge >= 0.3 is 0 Å². The monoisotopic (exact) mass is 392 g/mol. The van der Waals surface area contributed by atoms with Crippen LogP contribution in [0, 0.1) is 6.92 Å². The molecular weight excluding hydrogens is 368 g/mol. The van der Waals surface area contributed by atoms with Crippen molar-refractivity contribution in [3.05, 3.63) is 42.1 Å². The van der Waals surface area contributed by atoms with Gasteiger partial charge in [0.05, 0.1) is 0 Å². The van der Waals surface area contributed by atoms with Crippen LogP contribution in [0.2, 0.25) is 0 Å². The van der Waals surface area contributed by atoms with E-state index in [1.54, 1.807) is 29.4 Å². The van der Waals surface area contributed by atoms with Crippen molar-refractivity contribution in [2.24, 2.45) is 0 Å². The normalized spacial score (nSPS) is 16.6. The van der Waals surface area contributed by atoms with Crippen LogP contribution in [0.1, 0.15) is 28.9 Å². The van der Waals surface area contributed by atoms with E-state index >= 15 is 0 Å². The number of carbonyl (C=O) groups is 1. The van der Waals surface area contributed by atoms with Crippen molar-refractivity contribution in [1.82, 2.24) is 28.5 Å². The zero-order valence-corrected chi connectivity index (χ0v) is 16.5. The molecule has 10 heteroatoms. The van der Waals surface area contributed by atoms with Gasteiger partial charge in [0.15, 0.2) is 0 Å². The van der Waals surface area contributed by atoms with E-state index in [1.165, 1.54) is 22.7 Å². The minimum atomic E-state index is -3.41. The number of piperidine rings is 1. The standard InChI is InChI=1S/C17H24N6O3S/c1-13-10-15(20-16(11-13)22-9-6-18-12-22)17(24)19-14-4-7-23(8-5-14)27(25,26)21(2)3/h6,9-12,14H,4-5,7-8H2,1-3H3,(H,19,24). The lowest BCUT2D eigenvalue weighted by molar-refractivity contribution is 0.0918. The van der Waals surface area contributed by atoms with Crippen molar-refractivity contribution in [2.45, 2.75) is 25.8 Å². The summed E-state index contributed by atoms with van der Waals surface area (Å²) in [5, 5.41) is 2.97. The average molecular weight is 392 g/mol. The summed E-state index contributed by atoms with van der Waals surface area (Å²) < 4.78 is 28.7.